The highest BCUT2D eigenvalue weighted by atomic mass is 16.7. The van der Waals surface area contributed by atoms with Gasteiger partial charge >= 0.3 is 5.69 Å². The van der Waals surface area contributed by atoms with Crippen molar-refractivity contribution in [2.75, 3.05) is 6.79 Å². The first kappa shape index (κ1) is 13.2. The van der Waals surface area contributed by atoms with Gasteiger partial charge in [0.05, 0.1) is 4.92 Å². The Hall–Kier alpha value is -3.43. The van der Waals surface area contributed by atoms with Crippen molar-refractivity contribution < 1.29 is 18.9 Å². The zero-order chi connectivity index (χ0) is 15.8. The zero-order valence-corrected chi connectivity index (χ0v) is 11.6. The fraction of sp³-hybridized carbons (Fsp3) is 0.154. The smallest absolute Gasteiger partial charge is 0.307 e. The normalized spacial score (nSPS) is 12.5. The van der Waals surface area contributed by atoms with Crippen LogP contribution in [0.3, 0.4) is 0 Å². The number of hydrogen-bond acceptors (Lipinski definition) is 8. The number of benzene rings is 1. The highest BCUT2D eigenvalue weighted by Gasteiger charge is 2.17. The Labute approximate surface area is 128 Å². The van der Waals surface area contributed by atoms with E-state index in [1.54, 1.807) is 18.2 Å². The van der Waals surface area contributed by atoms with Crippen molar-refractivity contribution in [3.8, 4) is 22.9 Å². The summed E-state index contributed by atoms with van der Waals surface area (Å²) in [5.41, 5.74) is 0.621. The lowest BCUT2D eigenvalue weighted by atomic mass is 10.2. The molecular weight excluding hydrogens is 306 g/mol. The molecule has 2 aromatic heterocycles. The molecule has 0 amide bonds. The van der Waals surface area contributed by atoms with Crippen molar-refractivity contribution in [1.82, 2.24) is 19.9 Å². The minimum Gasteiger partial charge on any atom is -0.454 e. The first-order chi connectivity index (χ1) is 11.2. The van der Waals surface area contributed by atoms with Gasteiger partial charge in [-0.15, -0.1) is 0 Å². The monoisotopic (exact) mass is 315 g/mol. The average Bonchev–Trinajstić information content (AvgIpc) is 3.27. The molecule has 1 aliphatic heterocycles. The fourth-order valence-corrected chi connectivity index (χ4v) is 2.14. The molecule has 4 rings (SSSR count). The third kappa shape index (κ3) is 2.46. The van der Waals surface area contributed by atoms with E-state index in [9.17, 15) is 10.1 Å². The maximum absolute atomic E-state index is 10.6. The summed E-state index contributed by atoms with van der Waals surface area (Å²) < 4.78 is 17.0. The van der Waals surface area contributed by atoms with Crippen LogP contribution in [0, 0.1) is 10.1 Å². The van der Waals surface area contributed by atoms with E-state index in [1.165, 1.54) is 10.9 Å². The topological polar surface area (TPSA) is 118 Å². The lowest BCUT2D eigenvalue weighted by Gasteiger charge is -1.97. The summed E-state index contributed by atoms with van der Waals surface area (Å²) in [5.74, 6) is 1.97. The Morgan fingerprint density at radius 3 is 3.00 bits per heavy atom. The van der Waals surface area contributed by atoms with Gasteiger partial charge in [-0.2, -0.15) is 10.1 Å². The lowest BCUT2D eigenvalue weighted by molar-refractivity contribution is -0.385. The van der Waals surface area contributed by atoms with Crippen LogP contribution in [0.15, 0.2) is 35.1 Å². The quantitative estimate of drug-likeness (QED) is 0.526. The van der Waals surface area contributed by atoms with Crippen LogP contribution in [0.2, 0.25) is 0 Å². The highest BCUT2D eigenvalue weighted by molar-refractivity contribution is 5.61. The van der Waals surface area contributed by atoms with Gasteiger partial charge in [0.15, 0.2) is 11.5 Å². The molecule has 0 aliphatic carbocycles. The van der Waals surface area contributed by atoms with Crippen LogP contribution >= 0.6 is 0 Å². The highest BCUT2D eigenvalue weighted by Crippen LogP contribution is 2.35. The van der Waals surface area contributed by atoms with Crippen LogP contribution in [0.5, 0.6) is 11.5 Å². The van der Waals surface area contributed by atoms with E-state index < -0.39 is 4.92 Å². The molecule has 0 fully saturated rings. The molecule has 1 aliphatic rings. The summed E-state index contributed by atoms with van der Waals surface area (Å²) in [6.07, 6.45) is 2.46. The SMILES string of the molecule is O=[N+]([O-])c1cnn(Cc2nc(-c3ccc4c(c3)OCO4)no2)c1. The van der Waals surface area contributed by atoms with Gasteiger partial charge < -0.3 is 14.0 Å². The summed E-state index contributed by atoms with van der Waals surface area (Å²) in [7, 11) is 0. The van der Waals surface area contributed by atoms with Crippen molar-refractivity contribution in [1.29, 1.82) is 0 Å². The predicted octanol–water partition coefficient (Wildman–Crippen LogP) is 1.62. The van der Waals surface area contributed by atoms with Crippen molar-refractivity contribution in [3.63, 3.8) is 0 Å². The molecule has 3 aromatic rings. The molecule has 0 unspecified atom stereocenters. The van der Waals surface area contributed by atoms with Crippen LogP contribution in [-0.2, 0) is 6.54 Å². The minimum absolute atomic E-state index is 0.0968. The minimum atomic E-state index is -0.518. The number of rotatable bonds is 4. The summed E-state index contributed by atoms with van der Waals surface area (Å²) in [6.45, 7) is 0.333. The Balaban J connectivity index is 1.55. The molecule has 23 heavy (non-hydrogen) atoms. The molecule has 1 aromatic carbocycles. The van der Waals surface area contributed by atoms with Crippen molar-refractivity contribution in [2.24, 2.45) is 0 Å². The zero-order valence-electron chi connectivity index (χ0n) is 11.6. The van der Waals surface area contributed by atoms with E-state index in [0.29, 0.717) is 17.3 Å². The van der Waals surface area contributed by atoms with Gasteiger partial charge in [0.1, 0.15) is 18.9 Å². The molecule has 0 atom stereocenters. The average molecular weight is 315 g/mol. The first-order valence-electron chi connectivity index (χ1n) is 6.58. The molecule has 0 bridgehead atoms. The Morgan fingerprint density at radius 2 is 2.17 bits per heavy atom. The molecular formula is C13H9N5O5. The molecule has 0 spiro atoms. The maximum atomic E-state index is 10.6. The number of nitro groups is 1. The maximum Gasteiger partial charge on any atom is 0.307 e. The molecule has 10 nitrogen and oxygen atoms in total. The van der Waals surface area contributed by atoms with Gasteiger partial charge in [-0.3, -0.25) is 14.8 Å². The predicted molar refractivity (Wildman–Crippen MR) is 73.8 cm³/mol. The van der Waals surface area contributed by atoms with Crippen molar-refractivity contribution in [2.45, 2.75) is 6.54 Å². The van der Waals surface area contributed by atoms with Crippen LogP contribution in [0.25, 0.3) is 11.4 Å². The van der Waals surface area contributed by atoms with Gasteiger partial charge in [-0.1, -0.05) is 5.16 Å². The number of hydrogen-bond donors (Lipinski definition) is 0. The summed E-state index contributed by atoms with van der Waals surface area (Å²) in [5, 5.41) is 18.4. The Bertz CT molecular complexity index is 887. The number of ether oxygens (including phenoxy) is 2. The molecule has 0 N–H and O–H groups in total. The summed E-state index contributed by atoms with van der Waals surface area (Å²) in [4.78, 5) is 14.4. The molecule has 116 valence electrons. The second-order valence-electron chi connectivity index (χ2n) is 4.73. The van der Waals surface area contributed by atoms with Crippen molar-refractivity contribution >= 4 is 5.69 Å². The van der Waals surface area contributed by atoms with E-state index in [1.807, 2.05) is 0 Å². The van der Waals surface area contributed by atoms with E-state index in [0.717, 1.165) is 11.8 Å². The van der Waals surface area contributed by atoms with Crippen LogP contribution in [-0.4, -0.2) is 31.6 Å². The van der Waals surface area contributed by atoms with Gasteiger partial charge in [0.2, 0.25) is 18.5 Å². The van der Waals surface area contributed by atoms with E-state index in [2.05, 4.69) is 15.2 Å². The largest absolute Gasteiger partial charge is 0.454 e. The van der Waals surface area contributed by atoms with E-state index >= 15 is 0 Å². The molecule has 0 saturated heterocycles. The van der Waals surface area contributed by atoms with Gasteiger partial charge in [0.25, 0.3) is 0 Å². The van der Waals surface area contributed by atoms with Gasteiger partial charge in [-0.25, -0.2) is 0 Å². The molecule has 0 saturated carbocycles. The van der Waals surface area contributed by atoms with Gasteiger partial charge in [-0.05, 0) is 18.2 Å². The van der Waals surface area contributed by atoms with Gasteiger partial charge in [0, 0.05) is 5.56 Å². The van der Waals surface area contributed by atoms with Crippen LogP contribution in [0.1, 0.15) is 5.89 Å². The Morgan fingerprint density at radius 1 is 1.30 bits per heavy atom. The van der Waals surface area contributed by atoms with E-state index in [-0.39, 0.29) is 24.9 Å². The standard InChI is InChI=1S/C13H9N5O5/c19-18(20)9-4-14-17(5-9)6-12-15-13(16-23-12)8-1-2-10-11(3-8)22-7-21-10/h1-5H,6-7H2. The number of fused-ring (bicyclic) bond motifs is 1. The summed E-state index contributed by atoms with van der Waals surface area (Å²) >= 11 is 0. The fourth-order valence-electron chi connectivity index (χ4n) is 2.14. The Kier molecular flexibility index (Phi) is 2.93. The van der Waals surface area contributed by atoms with E-state index in [4.69, 9.17) is 14.0 Å². The molecule has 10 heteroatoms. The van der Waals surface area contributed by atoms with Crippen LogP contribution < -0.4 is 9.47 Å². The lowest BCUT2D eigenvalue weighted by Crippen LogP contribution is -2.00. The third-order valence-electron chi connectivity index (χ3n) is 3.23. The molecule has 3 heterocycles. The number of aromatic nitrogens is 4. The van der Waals surface area contributed by atoms with Crippen LogP contribution in [0.4, 0.5) is 5.69 Å². The number of nitrogens with zero attached hydrogens (tertiary/aromatic N) is 5. The second kappa shape index (κ2) is 5.09. The molecule has 0 radical (unpaired) electrons. The summed E-state index contributed by atoms with van der Waals surface area (Å²) in [6, 6.07) is 5.32. The van der Waals surface area contributed by atoms with Crippen molar-refractivity contribution in [3.05, 3.63) is 46.6 Å². The first-order valence-corrected chi connectivity index (χ1v) is 6.58. The second-order valence-corrected chi connectivity index (χ2v) is 4.73. The third-order valence-corrected chi connectivity index (χ3v) is 3.23.